The normalized spacial score (nSPS) is 26.5. The fourth-order valence-corrected chi connectivity index (χ4v) is 3.95. The molecule has 3 atom stereocenters. The Labute approximate surface area is 138 Å². The molecule has 2 amide bonds. The van der Waals surface area contributed by atoms with E-state index in [1.165, 1.54) is 11.1 Å². The zero-order valence-electron chi connectivity index (χ0n) is 14.2. The first-order valence-electron chi connectivity index (χ1n) is 8.87. The Balaban J connectivity index is 1.64. The van der Waals surface area contributed by atoms with Crippen LogP contribution in [0.1, 0.15) is 50.3 Å². The van der Waals surface area contributed by atoms with Crippen molar-refractivity contribution in [1.29, 1.82) is 0 Å². The zero-order chi connectivity index (χ0) is 16.4. The third-order valence-electron chi connectivity index (χ3n) is 5.62. The Bertz CT molecular complexity index is 550. The number of piperidine rings is 1. The summed E-state index contributed by atoms with van der Waals surface area (Å²) in [7, 11) is 0. The van der Waals surface area contributed by atoms with Gasteiger partial charge >= 0.3 is 6.03 Å². The highest BCUT2D eigenvalue weighted by atomic mass is 16.3. The molecular weight excluding hydrogens is 288 g/mol. The number of likely N-dealkylation sites (tertiary alicyclic amines) is 1. The van der Waals surface area contributed by atoms with Crippen LogP contribution in [0.4, 0.5) is 4.79 Å². The maximum absolute atomic E-state index is 12.7. The molecule has 3 rings (SSSR count). The third kappa shape index (κ3) is 3.52. The molecule has 1 saturated heterocycles. The average molecular weight is 316 g/mol. The van der Waals surface area contributed by atoms with Gasteiger partial charge in [-0.15, -0.1) is 0 Å². The molecule has 0 saturated carbocycles. The molecule has 4 nitrogen and oxygen atoms in total. The van der Waals surface area contributed by atoms with Gasteiger partial charge in [0.2, 0.25) is 0 Å². The fraction of sp³-hybridized carbons (Fsp3) is 0.632. The van der Waals surface area contributed by atoms with E-state index in [9.17, 15) is 9.90 Å². The van der Waals surface area contributed by atoms with Crippen LogP contribution in [0.25, 0.3) is 0 Å². The van der Waals surface area contributed by atoms with Crippen LogP contribution in [0.3, 0.4) is 0 Å². The topological polar surface area (TPSA) is 52.6 Å². The number of amides is 2. The van der Waals surface area contributed by atoms with Crippen LogP contribution >= 0.6 is 0 Å². The van der Waals surface area contributed by atoms with Gasteiger partial charge in [-0.1, -0.05) is 31.2 Å². The number of fused-ring (bicyclic) bond motifs is 1. The number of benzene rings is 1. The molecule has 1 fully saturated rings. The minimum Gasteiger partial charge on any atom is -0.393 e. The number of carbonyl (C=O) groups excluding carboxylic acids is 1. The van der Waals surface area contributed by atoms with Gasteiger partial charge in [0.1, 0.15) is 0 Å². The number of aryl methyl sites for hydroxylation is 1. The van der Waals surface area contributed by atoms with Crippen molar-refractivity contribution in [3.63, 3.8) is 0 Å². The standard InChI is InChI=1S/C19H28N2O2/c1-13-7-8-16-5-3-4-6-17(16)18(13)20-19(23)21-11-9-15(10-12-21)14(2)22/h3-6,13-15,18,22H,7-12H2,1-2H3,(H,20,23). The number of hydrogen-bond donors (Lipinski definition) is 2. The van der Waals surface area contributed by atoms with E-state index in [4.69, 9.17) is 0 Å². The molecule has 3 unspecified atom stereocenters. The maximum Gasteiger partial charge on any atom is 0.317 e. The van der Waals surface area contributed by atoms with Crippen LogP contribution in [0.2, 0.25) is 0 Å². The van der Waals surface area contributed by atoms with Crippen molar-refractivity contribution in [2.75, 3.05) is 13.1 Å². The van der Waals surface area contributed by atoms with Crippen LogP contribution in [-0.2, 0) is 6.42 Å². The van der Waals surface area contributed by atoms with Crippen molar-refractivity contribution in [3.8, 4) is 0 Å². The number of carbonyl (C=O) groups is 1. The van der Waals surface area contributed by atoms with E-state index in [0.29, 0.717) is 11.8 Å². The van der Waals surface area contributed by atoms with Gasteiger partial charge in [0.15, 0.2) is 0 Å². The monoisotopic (exact) mass is 316 g/mol. The zero-order valence-corrected chi connectivity index (χ0v) is 14.2. The lowest BCUT2D eigenvalue weighted by atomic mass is 9.81. The molecule has 4 heteroatoms. The van der Waals surface area contributed by atoms with Crippen LogP contribution in [0.15, 0.2) is 24.3 Å². The van der Waals surface area contributed by atoms with Crippen molar-refractivity contribution in [2.24, 2.45) is 11.8 Å². The summed E-state index contributed by atoms with van der Waals surface area (Å²) in [6.45, 7) is 5.55. The Kier molecular flexibility index (Phi) is 4.90. The van der Waals surface area contributed by atoms with Gasteiger partial charge in [0, 0.05) is 13.1 Å². The lowest BCUT2D eigenvalue weighted by Crippen LogP contribution is -2.48. The molecule has 2 N–H and O–H groups in total. The Hall–Kier alpha value is -1.55. The second-order valence-electron chi connectivity index (χ2n) is 7.21. The van der Waals surface area contributed by atoms with Crippen LogP contribution in [0.5, 0.6) is 0 Å². The Morgan fingerprint density at radius 1 is 1.26 bits per heavy atom. The highest BCUT2D eigenvalue weighted by molar-refractivity contribution is 5.75. The molecule has 1 aromatic rings. The first kappa shape index (κ1) is 16.3. The first-order valence-corrected chi connectivity index (χ1v) is 8.87. The Morgan fingerprint density at radius 2 is 1.96 bits per heavy atom. The number of hydrogen-bond acceptors (Lipinski definition) is 2. The number of urea groups is 1. The highest BCUT2D eigenvalue weighted by Gasteiger charge is 2.31. The quantitative estimate of drug-likeness (QED) is 0.881. The van der Waals surface area contributed by atoms with Gasteiger partial charge in [0.05, 0.1) is 12.1 Å². The molecule has 0 bridgehead atoms. The molecule has 0 radical (unpaired) electrons. The van der Waals surface area contributed by atoms with E-state index < -0.39 is 0 Å². The maximum atomic E-state index is 12.7. The van der Waals surface area contributed by atoms with Crippen molar-refractivity contribution in [3.05, 3.63) is 35.4 Å². The van der Waals surface area contributed by atoms with Crippen molar-refractivity contribution in [2.45, 2.75) is 51.7 Å². The van der Waals surface area contributed by atoms with Crippen molar-refractivity contribution >= 4 is 6.03 Å². The molecule has 1 aromatic carbocycles. The number of rotatable bonds is 2. The molecule has 23 heavy (non-hydrogen) atoms. The van der Waals surface area contributed by atoms with Gasteiger partial charge < -0.3 is 15.3 Å². The summed E-state index contributed by atoms with van der Waals surface area (Å²) in [5, 5.41) is 13.0. The van der Waals surface area contributed by atoms with E-state index in [1.807, 2.05) is 11.8 Å². The fourth-order valence-electron chi connectivity index (χ4n) is 3.95. The SMILES string of the molecule is CC(O)C1CCN(C(=O)NC2c3ccccc3CCC2C)CC1. The minimum absolute atomic E-state index is 0.0441. The number of aliphatic hydroxyl groups excluding tert-OH is 1. The molecule has 0 spiro atoms. The first-order chi connectivity index (χ1) is 11.1. The lowest BCUT2D eigenvalue weighted by Gasteiger charge is -2.37. The predicted octanol–water partition coefficient (Wildman–Crippen LogP) is 3.11. The predicted molar refractivity (Wildman–Crippen MR) is 91.2 cm³/mol. The minimum atomic E-state index is -0.273. The number of nitrogens with one attached hydrogen (secondary N) is 1. The van der Waals surface area contributed by atoms with Crippen LogP contribution in [-0.4, -0.2) is 35.2 Å². The summed E-state index contributed by atoms with van der Waals surface area (Å²) in [4.78, 5) is 14.6. The van der Waals surface area contributed by atoms with E-state index >= 15 is 0 Å². The summed E-state index contributed by atoms with van der Waals surface area (Å²) in [6.07, 6.45) is 3.73. The summed E-state index contributed by atoms with van der Waals surface area (Å²) < 4.78 is 0. The molecular formula is C19H28N2O2. The van der Waals surface area contributed by atoms with Gasteiger partial charge in [-0.05, 0) is 55.6 Å². The molecule has 1 aliphatic carbocycles. The van der Waals surface area contributed by atoms with E-state index in [0.717, 1.165) is 38.8 Å². The lowest BCUT2D eigenvalue weighted by molar-refractivity contribution is 0.0787. The van der Waals surface area contributed by atoms with E-state index in [2.05, 4.69) is 36.5 Å². The third-order valence-corrected chi connectivity index (χ3v) is 5.62. The molecule has 0 aromatic heterocycles. The second kappa shape index (κ2) is 6.91. The molecule has 2 aliphatic rings. The summed E-state index contributed by atoms with van der Waals surface area (Å²) >= 11 is 0. The Morgan fingerprint density at radius 3 is 2.65 bits per heavy atom. The van der Waals surface area contributed by atoms with Gasteiger partial charge in [-0.3, -0.25) is 0 Å². The van der Waals surface area contributed by atoms with Crippen molar-refractivity contribution < 1.29 is 9.90 Å². The van der Waals surface area contributed by atoms with Crippen LogP contribution in [0, 0.1) is 11.8 Å². The largest absolute Gasteiger partial charge is 0.393 e. The summed E-state index contributed by atoms with van der Waals surface area (Å²) in [6, 6.07) is 8.62. The average Bonchev–Trinajstić information content (AvgIpc) is 2.57. The van der Waals surface area contributed by atoms with Gasteiger partial charge in [-0.2, -0.15) is 0 Å². The smallest absolute Gasteiger partial charge is 0.317 e. The molecule has 126 valence electrons. The highest BCUT2D eigenvalue weighted by Crippen LogP contribution is 2.34. The number of nitrogens with zero attached hydrogens (tertiary/aromatic N) is 1. The van der Waals surface area contributed by atoms with Gasteiger partial charge in [0.25, 0.3) is 0 Å². The van der Waals surface area contributed by atoms with Crippen LogP contribution < -0.4 is 5.32 Å². The molecule has 1 aliphatic heterocycles. The van der Waals surface area contributed by atoms with E-state index in [1.54, 1.807) is 0 Å². The molecule has 1 heterocycles. The summed E-state index contributed by atoms with van der Waals surface area (Å²) in [5.74, 6) is 0.789. The van der Waals surface area contributed by atoms with Crippen molar-refractivity contribution in [1.82, 2.24) is 10.2 Å². The summed E-state index contributed by atoms with van der Waals surface area (Å²) in [5.41, 5.74) is 2.64. The second-order valence-corrected chi connectivity index (χ2v) is 7.21. The van der Waals surface area contributed by atoms with Gasteiger partial charge in [-0.25, -0.2) is 4.79 Å². The van der Waals surface area contributed by atoms with E-state index in [-0.39, 0.29) is 18.2 Å². The number of aliphatic hydroxyl groups is 1.